The summed E-state index contributed by atoms with van der Waals surface area (Å²) in [5.41, 5.74) is 0. The number of carboxylic acid groups (broad SMARTS) is 1. The van der Waals surface area contributed by atoms with Gasteiger partial charge in [0.1, 0.15) is 0 Å². The zero-order chi connectivity index (χ0) is 12.8. The van der Waals surface area contributed by atoms with Gasteiger partial charge in [-0.05, 0) is 25.7 Å². The van der Waals surface area contributed by atoms with Crippen LogP contribution in [0, 0.1) is 18.3 Å². The fraction of sp³-hybridized carbons (Fsp3) is 0.667. The molecule has 5 heteroatoms. The van der Waals surface area contributed by atoms with Crippen LogP contribution in [0.4, 0.5) is 4.79 Å². The van der Waals surface area contributed by atoms with Crippen molar-refractivity contribution in [2.45, 2.75) is 31.7 Å². The Labute approximate surface area is 101 Å². The number of nitrogens with one attached hydrogen (secondary N) is 1. The molecule has 1 aliphatic carbocycles. The highest BCUT2D eigenvalue weighted by molar-refractivity contribution is 5.74. The van der Waals surface area contributed by atoms with Crippen molar-refractivity contribution in [2.75, 3.05) is 13.6 Å². The van der Waals surface area contributed by atoms with Gasteiger partial charge in [-0.15, -0.1) is 6.42 Å². The predicted octanol–water partition coefficient (Wildman–Crippen LogP) is 0.904. The van der Waals surface area contributed by atoms with Crippen molar-refractivity contribution in [3.63, 3.8) is 0 Å². The Morgan fingerprint density at radius 2 is 2.00 bits per heavy atom. The maximum absolute atomic E-state index is 11.6. The lowest BCUT2D eigenvalue weighted by molar-refractivity contribution is -0.142. The number of hydrogen-bond donors (Lipinski definition) is 2. The summed E-state index contributed by atoms with van der Waals surface area (Å²) >= 11 is 0. The Morgan fingerprint density at radius 1 is 1.41 bits per heavy atom. The summed E-state index contributed by atoms with van der Waals surface area (Å²) < 4.78 is 0. The summed E-state index contributed by atoms with van der Waals surface area (Å²) in [6.07, 6.45) is 7.79. The van der Waals surface area contributed by atoms with Crippen LogP contribution in [0.25, 0.3) is 0 Å². The number of hydrogen-bond acceptors (Lipinski definition) is 2. The maximum atomic E-state index is 11.6. The van der Waals surface area contributed by atoms with Gasteiger partial charge in [0, 0.05) is 13.1 Å². The largest absolute Gasteiger partial charge is 0.481 e. The Balaban J connectivity index is 2.33. The first-order valence-corrected chi connectivity index (χ1v) is 5.72. The molecule has 2 amide bonds. The van der Waals surface area contributed by atoms with Gasteiger partial charge >= 0.3 is 12.0 Å². The fourth-order valence-corrected chi connectivity index (χ4v) is 1.98. The molecule has 94 valence electrons. The van der Waals surface area contributed by atoms with E-state index in [9.17, 15) is 9.59 Å². The summed E-state index contributed by atoms with van der Waals surface area (Å²) in [7, 11) is 1.64. The molecule has 0 radical (unpaired) electrons. The van der Waals surface area contributed by atoms with Crippen molar-refractivity contribution < 1.29 is 14.7 Å². The smallest absolute Gasteiger partial charge is 0.318 e. The summed E-state index contributed by atoms with van der Waals surface area (Å²) in [4.78, 5) is 23.8. The van der Waals surface area contributed by atoms with E-state index in [0.717, 1.165) is 0 Å². The highest BCUT2D eigenvalue weighted by Gasteiger charge is 2.27. The summed E-state index contributed by atoms with van der Waals surface area (Å²) in [5.74, 6) is 1.40. The molecule has 0 aromatic carbocycles. The Kier molecular flexibility index (Phi) is 4.83. The van der Waals surface area contributed by atoms with E-state index in [1.807, 2.05) is 0 Å². The molecule has 0 unspecified atom stereocenters. The highest BCUT2D eigenvalue weighted by atomic mass is 16.4. The minimum Gasteiger partial charge on any atom is -0.481 e. The molecule has 0 spiro atoms. The van der Waals surface area contributed by atoms with E-state index >= 15 is 0 Å². The average molecular weight is 238 g/mol. The second kappa shape index (κ2) is 6.14. The van der Waals surface area contributed by atoms with E-state index in [0.29, 0.717) is 25.7 Å². The molecule has 1 fully saturated rings. The Bertz CT molecular complexity index is 327. The van der Waals surface area contributed by atoms with E-state index in [2.05, 4.69) is 11.2 Å². The second-order valence-corrected chi connectivity index (χ2v) is 4.40. The van der Waals surface area contributed by atoms with Crippen LogP contribution in [0.1, 0.15) is 25.7 Å². The van der Waals surface area contributed by atoms with Crippen LogP contribution in [0.3, 0.4) is 0 Å². The molecular weight excluding hydrogens is 220 g/mol. The number of terminal acetylenes is 1. The van der Waals surface area contributed by atoms with Gasteiger partial charge in [0.05, 0.1) is 12.5 Å². The van der Waals surface area contributed by atoms with Crippen LogP contribution in [0.5, 0.6) is 0 Å². The summed E-state index contributed by atoms with van der Waals surface area (Å²) in [6, 6.07) is -0.125. The van der Waals surface area contributed by atoms with E-state index in [4.69, 9.17) is 11.5 Å². The molecule has 0 aliphatic heterocycles. The minimum absolute atomic E-state index is 0.0679. The number of nitrogens with zero attached hydrogens (tertiary/aromatic N) is 1. The van der Waals surface area contributed by atoms with Gasteiger partial charge in [-0.25, -0.2) is 4.79 Å². The molecule has 0 heterocycles. The van der Waals surface area contributed by atoms with Crippen molar-refractivity contribution in [3.8, 4) is 12.3 Å². The van der Waals surface area contributed by atoms with Crippen LogP contribution >= 0.6 is 0 Å². The molecule has 0 saturated heterocycles. The first-order valence-electron chi connectivity index (χ1n) is 5.72. The number of carbonyl (C=O) groups excluding carboxylic acids is 1. The number of amides is 2. The van der Waals surface area contributed by atoms with Crippen LogP contribution in [-0.4, -0.2) is 41.6 Å². The third-order valence-corrected chi connectivity index (χ3v) is 3.08. The van der Waals surface area contributed by atoms with Crippen LogP contribution < -0.4 is 5.32 Å². The van der Waals surface area contributed by atoms with Gasteiger partial charge in [0.2, 0.25) is 0 Å². The third kappa shape index (κ3) is 3.99. The van der Waals surface area contributed by atoms with Gasteiger partial charge in [-0.2, -0.15) is 0 Å². The van der Waals surface area contributed by atoms with Gasteiger partial charge in [-0.1, -0.05) is 5.92 Å². The SMILES string of the molecule is C#CCN(C)C(=O)NC1CCC(C(=O)O)CC1. The molecule has 0 atom stereocenters. The van der Waals surface area contributed by atoms with Crippen molar-refractivity contribution in [3.05, 3.63) is 0 Å². The highest BCUT2D eigenvalue weighted by Crippen LogP contribution is 2.24. The van der Waals surface area contributed by atoms with Crippen molar-refractivity contribution in [1.29, 1.82) is 0 Å². The number of rotatable bonds is 3. The van der Waals surface area contributed by atoms with E-state index < -0.39 is 5.97 Å². The average Bonchev–Trinajstić information content (AvgIpc) is 2.30. The van der Waals surface area contributed by atoms with E-state index in [1.165, 1.54) is 4.90 Å². The van der Waals surface area contributed by atoms with Crippen LogP contribution in [-0.2, 0) is 4.79 Å². The first-order chi connectivity index (χ1) is 8.04. The molecule has 1 rings (SSSR count). The van der Waals surface area contributed by atoms with E-state index in [-0.39, 0.29) is 24.5 Å². The van der Waals surface area contributed by atoms with Crippen LogP contribution in [0.15, 0.2) is 0 Å². The van der Waals surface area contributed by atoms with Gasteiger partial charge in [0.25, 0.3) is 0 Å². The quantitative estimate of drug-likeness (QED) is 0.718. The summed E-state index contributed by atoms with van der Waals surface area (Å²) in [6.45, 7) is 0.274. The molecule has 1 saturated carbocycles. The zero-order valence-electron chi connectivity index (χ0n) is 9.98. The number of urea groups is 1. The molecular formula is C12H18N2O3. The molecule has 0 bridgehead atoms. The van der Waals surface area contributed by atoms with Crippen molar-refractivity contribution in [2.24, 2.45) is 5.92 Å². The fourth-order valence-electron chi connectivity index (χ4n) is 1.98. The Morgan fingerprint density at radius 3 is 2.47 bits per heavy atom. The molecule has 17 heavy (non-hydrogen) atoms. The molecule has 0 aromatic heterocycles. The van der Waals surface area contributed by atoms with Crippen molar-refractivity contribution >= 4 is 12.0 Å². The molecule has 1 aliphatic rings. The minimum atomic E-state index is -0.737. The van der Waals surface area contributed by atoms with Crippen LogP contribution in [0.2, 0.25) is 0 Å². The topological polar surface area (TPSA) is 69.6 Å². The molecule has 0 aromatic rings. The van der Waals surface area contributed by atoms with Crippen molar-refractivity contribution in [1.82, 2.24) is 10.2 Å². The number of carbonyl (C=O) groups is 2. The molecule has 5 nitrogen and oxygen atoms in total. The standard InChI is InChI=1S/C12H18N2O3/c1-3-8-14(2)12(17)13-10-6-4-9(5-7-10)11(15)16/h1,9-10H,4-8H2,2H3,(H,13,17)(H,15,16). The maximum Gasteiger partial charge on any atom is 0.318 e. The van der Waals surface area contributed by atoms with Gasteiger partial charge in [0.15, 0.2) is 0 Å². The second-order valence-electron chi connectivity index (χ2n) is 4.40. The number of aliphatic carboxylic acids is 1. The lowest BCUT2D eigenvalue weighted by atomic mass is 9.86. The lowest BCUT2D eigenvalue weighted by Crippen LogP contribution is -2.45. The summed E-state index contributed by atoms with van der Waals surface area (Å²) in [5, 5.41) is 11.7. The monoisotopic (exact) mass is 238 g/mol. The number of carboxylic acids is 1. The normalized spacial score (nSPS) is 23.5. The molecule has 2 N–H and O–H groups in total. The predicted molar refractivity (Wildman–Crippen MR) is 63.4 cm³/mol. The van der Waals surface area contributed by atoms with Gasteiger partial charge in [-0.3, -0.25) is 4.79 Å². The zero-order valence-corrected chi connectivity index (χ0v) is 9.98. The lowest BCUT2D eigenvalue weighted by Gasteiger charge is -2.28. The third-order valence-electron chi connectivity index (χ3n) is 3.08. The first kappa shape index (κ1) is 13.4. The van der Waals surface area contributed by atoms with Gasteiger partial charge < -0.3 is 15.3 Å². The van der Waals surface area contributed by atoms with E-state index in [1.54, 1.807) is 7.05 Å². The Hall–Kier alpha value is -1.70.